The van der Waals surface area contributed by atoms with Crippen molar-refractivity contribution in [2.24, 2.45) is 5.92 Å². The molecular weight excluding hydrogens is 426 g/mol. The Kier molecular flexibility index (Phi) is 6.57. The summed E-state index contributed by atoms with van der Waals surface area (Å²) < 4.78 is 1.72. The molecule has 180 valence electrons. The molecule has 1 unspecified atom stereocenters. The predicted molar refractivity (Wildman–Crippen MR) is 133 cm³/mol. The molecule has 1 saturated heterocycles. The van der Waals surface area contributed by atoms with Crippen LogP contribution in [0.2, 0.25) is 0 Å². The van der Waals surface area contributed by atoms with Gasteiger partial charge in [-0.2, -0.15) is 0 Å². The molecule has 1 atom stereocenters. The van der Waals surface area contributed by atoms with Crippen molar-refractivity contribution in [3.63, 3.8) is 0 Å². The van der Waals surface area contributed by atoms with Gasteiger partial charge in [0.15, 0.2) is 11.4 Å². The number of carbonyl (C=O) groups excluding carboxylic acids is 1. The molecule has 0 saturated carbocycles. The van der Waals surface area contributed by atoms with Crippen molar-refractivity contribution in [2.75, 3.05) is 46.8 Å². The largest absolute Gasteiger partial charge is 0.504 e. The zero-order chi connectivity index (χ0) is 23.7. The normalized spacial score (nSPS) is 19.1. The summed E-state index contributed by atoms with van der Waals surface area (Å²) in [5, 5.41) is 10.1. The highest BCUT2D eigenvalue weighted by Crippen LogP contribution is 2.29. The van der Waals surface area contributed by atoms with E-state index in [1.807, 2.05) is 25.2 Å². The minimum absolute atomic E-state index is 0.0599. The third-order valence-corrected chi connectivity index (χ3v) is 7.36. The number of piperidine rings is 1. The number of fused-ring (bicyclic) bond motifs is 2. The Bertz CT molecular complexity index is 1130. The van der Waals surface area contributed by atoms with Gasteiger partial charge in [0.2, 0.25) is 0 Å². The SMILES string of the molecule is CN(C)CCN(CC1CCCN(C2Cc3ccccc3C2)C1)C(=O)c1cn2cccc(O)c2n1. The second-order valence-corrected chi connectivity index (χ2v) is 10.1. The molecule has 3 heterocycles. The maximum atomic E-state index is 13.5. The number of imidazole rings is 1. The predicted octanol–water partition coefficient (Wildman–Crippen LogP) is 2.92. The van der Waals surface area contributed by atoms with Crippen LogP contribution in [0.5, 0.6) is 5.75 Å². The maximum absolute atomic E-state index is 13.5. The Morgan fingerprint density at radius 1 is 1.12 bits per heavy atom. The molecule has 7 nitrogen and oxygen atoms in total. The van der Waals surface area contributed by atoms with Crippen LogP contribution in [0.3, 0.4) is 0 Å². The van der Waals surface area contributed by atoms with Gasteiger partial charge in [-0.15, -0.1) is 0 Å². The molecule has 2 aromatic heterocycles. The Hall–Kier alpha value is -2.90. The number of hydrogen-bond donors (Lipinski definition) is 1. The molecule has 7 heteroatoms. The van der Waals surface area contributed by atoms with Crippen LogP contribution in [0.4, 0.5) is 0 Å². The van der Waals surface area contributed by atoms with E-state index in [1.165, 1.54) is 17.5 Å². The third-order valence-electron chi connectivity index (χ3n) is 7.36. The number of hydrogen-bond acceptors (Lipinski definition) is 5. The second kappa shape index (κ2) is 9.76. The lowest BCUT2D eigenvalue weighted by Gasteiger charge is -2.39. The summed E-state index contributed by atoms with van der Waals surface area (Å²) in [5.74, 6) is 0.478. The van der Waals surface area contributed by atoms with Crippen molar-refractivity contribution in [3.8, 4) is 5.75 Å². The molecule has 34 heavy (non-hydrogen) atoms. The number of amides is 1. The fourth-order valence-corrected chi connectivity index (χ4v) is 5.54. The van der Waals surface area contributed by atoms with E-state index in [4.69, 9.17) is 0 Å². The van der Waals surface area contributed by atoms with Crippen molar-refractivity contribution >= 4 is 11.6 Å². The fraction of sp³-hybridized carbons (Fsp3) is 0.481. The fourth-order valence-electron chi connectivity index (χ4n) is 5.54. The van der Waals surface area contributed by atoms with E-state index < -0.39 is 0 Å². The quantitative estimate of drug-likeness (QED) is 0.586. The van der Waals surface area contributed by atoms with Crippen LogP contribution in [-0.2, 0) is 12.8 Å². The number of carbonyl (C=O) groups is 1. The smallest absolute Gasteiger partial charge is 0.274 e. The highest BCUT2D eigenvalue weighted by molar-refractivity contribution is 5.93. The van der Waals surface area contributed by atoms with Gasteiger partial charge in [-0.1, -0.05) is 24.3 Å². The number of nitrogens with zero attached hydrogens (tertiary/aromatic N) is 5. The molecule has 1 amide bonds. The molecule has 1 N–H and O–H groups in total. The minimum Gasteiger partial charge on any atom is -0.504 e. The first-order valence-corrected chi connectivity index (χ1v) is 12.4. The van der Waals surface area contributed by atoms with Gasteiger partial charge in [0.05, 0.1) is 0 Å². The van der Waals surface area contributed by atoms with Gasteiger partial charge in [0.25, 0.3) is 5.91 Å². The number of rotatable bonds is 7. The van der Waals surface area contributed by atoms with Crippen molar-refractivity contribution in [3.05, 3.63) is 65.6 Å². The van der Waals surface area contributed by atoms with Crippen LogP contribution in [0.25, 0.3) is 5.65 Å². The summed E-state index contributed by atoms with van der Waals surface area (Å²) in [6.07, 6.45) is 8.13. The topological polar surface area (TPSA) is 64.3 Å². The molecule has 0 bridgehead atoms. The van der Waals surface area contributed by atoms with Crippen LogP contribution in [-0.4, -0.2) is 88.0 Å². The van der Waals surface area contributed by atoms with Crippen molar-refractivity contribution in [2.45, 2.75) is 31.7 Å². The first-order chi connectivity index (χ1) is 16.5. The molecule has 3 aromatic rings. The molecule has 1 aliphatic heterocycles. The van der Waals surface area contributed by atoms with E-state index in [9.17, 15) is 9.90 Å². The van der Waals surface area contributed by atoms with Crippen molar-refractivity contribution in [1.82, 2.24) is 24.1 Å². The van der Waals surface area contributed by atoms with E-state index in [1.54, 1.807) is 22.7 Å². The van der Waals surface area contributed by atoms with Gasteiger partial charge in [-0.25, -0.2) is 4.98 Å². The number of aromatic nitrogens is 2. The van der Waals surface area contributed by atoms with Gasteiger partial charge in [-0.3, -0.25) is 9.69 Å². The Morgan fingerprint density at radius 2 is 1.88 bits per heavy atom. The summed E-state index contributed by atoms with van der Waals surface area (Å²) >= 11 is 0. The standard InChI is InChI=1S/C27H35N5O2/c1-29(2)13-14-32(27(34)24-19-31-12-6-10-25(33)26(31)28-24)18-20-7-5-11-30(17-20)23-15-21-8-3-4-9-22(21)16-23/h3-4,6,8-10,12,19-20,23,33H,5,7,11,13-18H2,1-2H3. The van der Waals surface area contributed by atoms with Gasteiger partial charge in [0.1, 0.15) is 5.69 Å². The van der Waals surface area contributed by atoms with Gasteiger partial charge in [-0.05, 0) is 75.5 Å². The van der Waals surface area contributed by atoms with E-state index >= 15 is 0 Å². The second-order valence-electron chi connectivity index (χ2n) is 10.1. The lowest BCUT2D eigenvalue weighted by atomic mass is 9.95. The summed E-state index contributed by atoms with van der Waals surface area (Å²) in [6, 6.07) is 12.8. The summed E-state index contributed by atoms with van der Waals surface area (Å²) in [4.78, 5) is 24.7. The molecule has 2 aliphatic rings. The third kappa shape index (κ3) is 4.81. The van der Waals surface area contributed by atoms with Gasteiger partial charge >= 0.3 is 0 Å². The molecule has 1 aromatic carbocycles. The van der Waals surface area contributed by atoms with Gasteiger partial charge < -0.3 is 19.3 Å². The zero-order valence-electron chi connectivity index (χ0n) is 20.2. The van der Waals surface area contributed by atoms with Gasteiger partial charge in [0, 0.05) is 44.6 Å². The highest BCUT2D eigenvalue weighted by Gasteiger charge is 2.32. The number of pyridine rings is 1. The molecule has 1 aliphatic carbocycles. The summed E-state index contributed by atoms with van der Waals surface area (Å²) in [7, 11) is 4.07. The summed E-state index contributed by atoms with van der Waals surface area (Å²) in [6.45, 7) is 4.39. The van der Waals surface area contributed by atoms with E-state index in [-0.39, 0.29) is 11.7 Å². The number of likely N-dealkylation sites (N-methyl/N-ethyl adjacent to an activating group) is 1. The first kappa shape index (κ1) is 22.9. The van der Waals surface area contributed by atoms with Crippen LogP contribution < -0.4 is 0 Å². The van der Waals surface area contributed by atoms with Crippen LogP contribution in [0, 0.1) is 5.92 Å². The van der Waals surface area contributed by atoms with Crippen LogP contribution >= 0.6 is 0 Å². The van der Waals surface area contributed by atoms with Crippen LogP contribution in [0.1, 0.15) is 34.5 Å². The highest BCUT2D eigenvalue weighted by atomic mass is 16.3. The van der Waals surface area contributed by atoms with Crippen LogP contribution in [0.15, 0.2) is 48.8 Å². The van der Waals surface area contributed by atoms with E-state index in [0.717, 1.165) is 45.4 Å². The Labute approximate surface area is 201 Å². The first-order valence-electron chi connectivity index (χ1n) is 12.4. The van der Waals surface area contributed by atoms with Crippen molar-refractivity contribution < 1.29 is 9.90 Å². The summed E-state index contributed by atoms with van der Waals surface area (Å²) in [5.41, 5.74) is 3.79. The average Bonchev–Trinajstić information content (AvgIpc) is 3.47. The number of benzene rings is 1. The lowest BCUT2D eigenvalue weighted by molar-refractivity contribution is 0.0625. The van der Waals surface area contributed by atoms with Crippen molar-refractivity contribution in [1.29, 1.82) is 0 Å². The number of likely N-dealkylation sites (tertiary alicyclic amines) is 1. The Morgan fingerprint density at radius 3 is 2.59 bits per heavy atom. The minimum atomic E-state index is -0.0599. The molecular formula is C27H35N5O2. The Balaban J connectivity index is 1.29. The van der Waals surface area contributed by atoms with E-state index in [2.05, 4.69) is 39.0 Å². The molecule has 5 rings (SSSR count). The average molecular weight is 462 g/mol. The zero-order valence-corrected chi connectivity index (χ0v) is 20.2. The molecule has 0 spiro atoms. The van der Waals surface area contributed by atoms with E-state index in [0.29, 0.717) is 29.8 Å². The number of aromatic hydroxyl groups is 1. The monoisotopic (exact) mass is 461 g/mol. The molecule has 0 radical (unpaired) electrons. The maximum Gasteiger partial charge on any atom is 0.274 e. The lowest BCUT2D eigenvalue weighted by Crippen LogP contribution is -2.48. The molecule has 1 fully saturated rings.